The Labute approximate surface area is 165 Å². The third-order valence-corrected chi connectivity index (χ3v) is 5.20. The molecule has 0 amide bonds. The van der Waals surface area contributed by atoms with E-state index >= 15 is 0 Å². The highest BCUT2D eigenvalue weighted by atomic mass is 16.5. The van der Waals surface area contributed by atoms with Crippen molar-refractivity contribution >= 4 is 5.78 Å². The number of ketones is 1. The molecule has 0 fully saturated rings. The highest BCUT2D eigenvalue weighted by molar-refractivity contribution is 6.10. The van der Waals surface area contributed by atoms with Crippen LogP contribution in [0, 0.1) is 22.7 Å². The first-order chi connectivity index (χ1) is 13.6. The molecule has 0 N–H and O–H groups in total. The summed E-state index contributed by atoms with van der Waals surface area (Å²) in [7, 11) is 3.35. The molecule has 4 bridgehead atoms. The minimum absolute atomic E-state index is 0.0350. The van der Waals surface area contributed by atoms with Crippen molar-refractivity contribution in [1.82, 2.24) is 0 Å². The quantitative estimate of drug-likeness (QED) is 0.727. The summed E-state index contributed by atoms with van der Waals surface area (Å²) in [6.07, 6.45) is 7.59. The first kappa shape index (κ1) is 19.5. The maximum absolute atomic E-state index is 12.8. The second-order valence-corrected chi connectivity index (χ2v) is 6.91. The normalized spacial score (nSPS) is 16.4. The number of fused-ring (bicyclic) bond motifs is 4. The summed E-state index contributed by atoms with van der Waals surface area (Å²) in [5, 5.41) is 18.4. The number of nitriles is 2. The molecule has 2 aliphatic carbocycles. The fourth-order valence-electron chi connectivity index (χ4n) is 3.84. The summed E-state index contributed by atoms with van der Waals surface area (Å²) < 4.78 is 11.1. The Kier molecular flexibility index (Phi) is 5.96. The van der Waals surface area contributed by atoms with Crippen LogP contribution in [0.4, 0.5) is 0 Å². The Morgan fingerprint density at radius 3 is 1.86 bits per heavy atom. The SMILES string of the molecule is COc1cc2c(OC)c(c1)CCCC1=CC(=C(C#N)C#N)C=C(CCC2)C1=O. The lowest BCUT2D eigenvalue weighted by Crippen LogP contribution is -2.13. The molecule has 2 aliphatic rings. The number of hydrogen-bond acceptors (Lipinski definition) is 5. The molecule has 5 heteroatoms. The Morgan fingerprint density at radius 1 is 0.893 bits per heavy atom. The molecule has 0 radical (unpaired) electrons. The predicted molar refractivity (Wildman–Crippen MR) is 105 cm³/mol. The lowest BCUT2D eigenvalue weighted by atomic mass is 9.85. The molecule has 28 heavy (non-hydrogen) atoms. The van der Waals surface area contributed by atoms with Crippen LogP contribution in [0.15, 0.2) is 46.6 Å². The van der Waals surface area contributed by atoms with Gasteiger partial charge in [-0.15, -0.1) is 0 Å². The zero-order valence-corrected chi connectivity index (χ0v) is 16.2. The van der Waals surface area contributed by atoms with Crippen LogP contribution in [0.1, 0.15) is 36.8 Å². The van der Waals surface area contributed by atoms with E-state index < -0.39 is 0 Å². The molecule has 142 valence electrons. The molecule has 0 unspecified atom stereocenters. The molecular weight excluding hydrogens is 352 g/mol. The predicted octanol–water partition coefficient (Wildman–Crippen LogP) is 4.14. The summed E-state index contributed by atoms with van der Waals surface area (Å²) in [6.45, 7) is 0. The van der Waals surface area contributed by atoms with Gasteiger partial charge in [0.05, 0.1) is 14.2 Å². The van der Waals surface area contributed by atoms with E-state index in [1.807, 2.05) is 24.3 Å². The molecule has 1 aromatic carbocycles. The standard InChI is InChI=1S/C23H22N2O3/c1-27-21-11-17-7-3-5-15-9-19(20(13-24)14-25)10-16(22(15)26)6-4-8-18(12-21)23(17)28-2/h9-12H,3-8H2,1-2H3. The molecule has 0 heterocycles. The van der Waals surface area contributed by atoms with E-state index in [2.05, 4.69) is 0 Å². The van der Waals surface area contributed by atoms with Gasteiger partial charge in [0.25, 0.3) is 0 Å². The van der Waals surface area contributed by atoms with Gasteiger partial charge in [0.15, 0.2) is 5.78 Å². The number of rotatable bonds is 2. The minimum atomic E-state index is 0.0350. The summed E-state index contributed by atoms with van der Waals surface area (Å²) in [6, 6.07) is 7.85. The Morgan fingerprint density at radius 2 is 1.43 bits per heavy atom. The van der Waals surface area contributed by atoms with Crippen LogP contribution >= 0.6 is 0 Å². The van der Waals surface area contributed by atoms with E-state index in [1.54, 1.807) is 26.4 Å². The van der Waals surface area contributed by atoms with Crippen molar-refractivity contribution in [3.8, 4) is 23.6 Å². The van der Waals surface area contributed by atoms with Crippen LogP contribution in [0.5, 0.6) is 11.5 Å². The van der Waals surface area contributed by atoms with E-state index in [0.29, 0.717) is 29.6 Å². The number of ether oxygens (including phenoxy) is 2. The van der Waals surface area contributed by atoms with Crippen molar-refractivity contribution in [2.24, 2.45) is 0 Å². The third-order valence-electron chi connectivity index (χ3n) is 5.20. The van der Waals surface area contributed by atoms with E-state index in [-0.39, 0.29) is 11.4 Å². The van der Waals surface area contributed by atoms with Crippen LogP contribution in [0.2, 0.25) is 0 Å². The number of benzene rings is 1. The fourth-order valence-corrected chi connectivity index (χ4v) is 3.84. The summed E-state index contributed by atoms with van der Waals surface area (Å²) in [5.41, 5.74) is 4.07. The lowest BCUT2D eigenvalue weighted by molar-refractivity contribution is -0.112. The largest absolute Gasteiger partial charge is 0.497 e. The number of hydrogen-bond donors (Lipinski definition) is 0. The van der Waals surface area contributed by atoms with Crippen molar-refractivity contribution in [1.29, 1.82) is 10.5 Å². The molecule has 0 aromatic heterocycles. The lowest BCUT2D eigenvalue weighted by Gasteiger charge is -2.20. The molecule has 5 nitrogen and oxygen atoms in total. The maximum Gasteiger partial charge on any atom is 0.185 e. The zero-order valence-electron chi connectivity index (χ0n) is 16.2. The van der Waals surface area contributed by atoms with E-state index in [9.17, 15) is 15.3 Å². The first-order valence-corrected chi connectivity index (χ1v) is 9.35. The number of Topliss-reactive ketones (excluding diaryl/α,β-unsaturated/α-hetero) is 1. The highest BCUT2D eigenvalue weighted by Crippen LogP contribution is 2.34. The summed E-state index contributed by atoms with van der Waals surface area (Å²) >= 11 is 0. The number of aryl methyl sites for hydroxylation is 2. The molecule has 0 atom stereocenters. The molecule has 0 spiro atoms. The van der Waals surface area contributed by atoms with Gasteiger partial charge in [0.2, 0.25) is 0 Å². The van der Waals surface area contributed by atoms with Gasteiger partial charge < -0.3 is 9.47 Å². The van der Waals surface area contributed by atoms with Gasteiger partial charge in [-0.1, -0.05) is 0 Å². The molecule has 1 aromatic rings. The average molecular weight is 374 g/mol. The van der Waals surface area contributed by atoms with Crippen molar-refractivity contribution in [3.63, 3.8) is 0 Å². The van der Waals surface area contributed by atoms with E-state index in [1.165, 1.54) is 0 Å². The van der Waals surface area contributed by atoms with Crippen molar-refractivity contribution < 1.29 is 14.3 Å². The van der Waals surface area contributed by atoms with E-state index in [0.717, 1.165) is 48.3 Å². The van der Waals surface area contributed by atoms with Gasteiger partial charge in [0.1, 0.15) is 29.2 Å². The van der Waals surface area contributed by atoms with E-state index in [4.69, 9.17) is 9.47 Å². The number of carbonyl (C=O) groups is 1. The first-order valence-electron chi connectivity index (χ1n) is 9.35. The van der Waals surface area contributed by atoms with Crippen molar-refractivity contribution in [2.75, 3.05) is 14.2 Å². The van der Waals surface area contributed by atoms with Gasteiger partial charge in [-0.25, -0.2) is 0 Å². The molecule has 3 rings (SSSR count). The molecule has 0 saturated heterocycles. The Balaban J connectivity index is 2.02. The Bertz CT molecular complexity index is 915. The second kappa shape index (κ2) is 8.59. The average Bonchev–Trinajstić information content (AvgIpc) is 2.70. The molecule has 0 aliphatic heterocycles. The monoisotopic (exact) mass is 374 g/mol. The highest BCUT2D eigenvalue weighted by Gasteiger charge is 2.23. The molecular formula is C23H22N2O3. The Hall–Kier alpha value is -3.31. The fraction of sp³-hybridized carbons (Fsp3) is 0.348. The number of methoxy groups -OCH3 is 2. The second-order valence-electron chi connectivity index (χ2n) is 6.91. The number of carbonyl (C=O) groups excluding carboxylic acids is 1. The molecule has 0 saturated carbocycles. The van der Waals surface area contributed by atoms with Gasteiger partial charge in [0, 0.05) is 16.7 Å². The van der Waals surface area contributed by atoms with Crippen LogP contribution < -0.4 is 9.47 Å². The van der Waals surface area contributed by atoms with Crippen molar-refractivity contribution in [3.05, 3.63) is 57.7 Å². The summed E-state index contributed by atoms with van der Waals surface area (Å²) in [4.78, 5) is 12.8. The van der Waals surface area contributed by atoms with Crippen LogP contribution in [0.3, 0.4) is 0 Å². The van der Waals surface area contributed by atoms with Crippen LogP contribution in [-0.4, -0.2) is 20.0 Å². The van der Waals surface area contributed by atoms with Gasteiger partial charge in [-0.3, -0.25) is 4.79 Å². The van der Waals surface area contributed by atoms with Gasteiger partial charge >= 0.3 is 0 Å². The van der Waals surface area contributed by atoms with Gasteiger partial charge in [-0.05, 0) is 73.9 Å². The van der Waals surface area contributed by atoms with Crippen molar-refractivity contribution in [2.45, 2.75) is 38.5 Å². The number of nitrogens with zero attached hydrogens (tertiary/aromatic N) is 2. The smallest absolute Gasteiger partial charge is 0.185 e. The topological polar surface area (TPSA) is 83.1 Å². The van der Waals surface area contributed by atoms with Crippen LogP contribution in [0.25, 0.3) is 0 Å². The summed E-state index contributed by atoms with van der Waals surface area (Å²) in [5.74, 6) is 1.75. The minimum Gasteiger partial charge on any atom is -0.497 e. The zero-order chi connectivity index (χ0) is 20.1. The third kappa shape index (κ3) is 3.85. The van der Waals surface area contributed by atoms with Gasteiger partial charge in [-0.2, -0.15) is 10.5 Å². The number of allylic oxidation sites excluding steroid dienone is 6. The maximum atomic E-state index is 12.8. The van der Waals surface area contributed by atoms with Crippen LogP contribution in [-0.2, 0) is 17.6 Å².